The van der Waals surface area contributed by atoms with E-state index in [9.17, 15) is 13.2 Å². The molecule has 0 bridgehead atoms. The zero-order valence-corrected chi connectivity index (χ0v) is 22.0. The Labute approximate surface area is 220 Å². The molecule has 6 rings (SSSR count). The Morgan fingerprint density at radius 2 is 1.87 bits per heavy atom. The quantitative estimate of drug-likeness (QED) is 0.405. The van der Waals surface area contributed by atoms with Crippen molar-refractivity contribution in [1.29, 1.82) is 0 Å². The van der Waals surface area contributed by atoms with Gasteiger partial charge in [-0.25, -0.2) is 18.4 Å². The lowest BCUT2D eigenvalue weighted by molar-refractivity contribution is -0.161. The van der Waals surface area contributed by atoms with Crippen molar-refractivity contribution < 1.29 is 17.9 Å². The highest BCUT2D eigenvalue weighted by atomic mass is 32.2. The van der Waals surface area contributed by atoms with Crippen LogP contribution in [0.2, 0.25) is 0 Å². The molecule has 1 N–H and O–H groups in total. The molecule has 0 aliphatic carbocycles. The predicted molar refractivity (Wildman–Crippen MR) is 144 cm³/mol. The molecular formula is C28H27N5O4S. The molecule has 1 amide bonds. The Kier molecular flexibility index (Phi) is 5.88. The van der Waals surface area contributed by atoms with Crippen molar-refractivity contribution >= 4 is 32.5 Å². The standard InChI is InChI=1S/C28H27N5O4S/c1-18-6-7-19(12-25(18)38(2,35)36)27(34)30-15-21-13-24-20(14-29-21)8-9-23(31-24)22-4-3-5-26(32-22)33-16-28(17-33)10-11-37-28/h3-9,12-14H,10-11,15-17H2,1-2H3,(H,30,34). The van der Waals surface area contributed by atoms with Gasteiger partial charge in [-0.1, -0.05) is 12.1 Å². The molecule has 10 heteroatoms. The van der Waals surface area contributed by atoms with Crippen molar-refractivity contribution in [2.45, 2.75) is 30.4 Å². The third kappa shape index (κ3) is 4.61. The SMILES string of the molecule is Cc1ccc(C(=O)NCc2cc3nc(-c4cccc(N5CC6(CCO6)C5)n4)ccc3cn2)cc1S(C)(=O)=O. The summed E-state index contributed by atoms with van der Waals surface area (Å²) in [5.74, 6) is 0.540. The lowest BCUT2D eigenvalue weighted by Gasteiger charge is -2.55. The summed E-state index contributed by atoms with van der Waals surface area (Å²) in [7, 11) is -3.43. The summed E-state index contributed by atoms with van der Waals surface area (Å²) in [5.41, 5.74) is 3.83. The monoisotopic (exact) mass is 529 g/mol. The summed E-state index contributed by atoms with van der Waals surface area (Å²) in [6, 6.07) is 16.3. The maximum atomic E-state index is 12.7. The number of hydrogen-bond acceptors (Lipinski definition) is 8. The van der Waals surface area contributed by atoms with Crippen LogP contribution in [0.1, 0.15) is 28.0 Å². The number of fused-ring (bicyclic) bond motifs is 1. The summed E-state index contributed by atoms with van der Waals surface area (Å²) < 4.78 is 29.8. The van der Waals surface area contributed by atoms with Gasteiger partial charge in [0.05, 0.1) is 53.7 Å². The highest BCUT2D eigenvalue weighted by molar-refractivity contribution is 7.90. The van der Waals surface area contributed by atoms with Crippen LogP contribution in [0.3, 0.4) is 0 Å². The molecule has 2 fully saturated rings. The van der Waals surface area contributed by atoms with Crippen LogP contribution in [0.5, 0.6) is 0 Å². The summed E-state index contributed by atoms with van der Waals surface area (Å²) in [5, 5.41) is 3.70. The summed E-state index contributed by atoms with van der Waals surface area (Å²) in [6.07, 6.45) is 3.97. The van der Waals surface area contributed by atoms with E-state index in [1.54, 1.807) is 25.3 Å². The van der Waals surface area contributed by atoms with Crippen molar-refractivity contribution in [3.63, 3.8) is 0 Å². The fourth-order valence-corrected chi connectivity index (χ4v) is 5.90. The van der Waals surface area contributed by atoms with Crippen LogP contribution in [0.15, 0.2) is 65.7 Å². The zero-order chi connectivity index (χ0) is 26.5. The fraction of sp³-hybridized carbons (Fsp3) is 0.286. The van der Waals surface area contributed by atoms with Crippen LogP contribution in [0.25, 0.3) is 22.3 Å². The molecule has 4 aromatic rings. The number of carbonyl (C=O) groups excluding carboxylic acids is 1. The summed E-state index contributed by atoms with van der Waals surface area (Å²) in [4.78, 5) is 29.2. The summed E-state index contributed by atoms with van der Waals surface area (Å²) >= 11 is 0. The largest absolute Gasteiger partial charge is 0.371 e. The maximum absolute atomic E-state index is 12.7. The minimum Gasteiger partial charge on any atom is -0.371 e. The van der Waals surface area contributed by atoms with Gasteiger partial charge in [-0.05, 0) is 55.0 Å². The summed E-state index contributed by atoms with van der Waals surface area (Å²) in [6.45, 7) is 4.46. The minimum absolute atomic E-state index is 0.0349. The highest BCUT2D eigenvalue weighted by Crippen LogP contribution is 2.38. The number of rotatable bonds is 6. The molecule has 0 atom stereocenters. The van der Waals surface area contributed by atoms with Crippen molar-refractivity contribution in [1.82, 2.24) is 20.3 Å². The molecule has 1 spiro atoms. The molecule has 2 saturated heterocycles. The second-order valence-electron chi connectivity index (χ2n) is 10.0. The van der Waals surface area contributed by atoms with Crippen LogP contribution in [-0.2, 0) is 21.1 Å². The first-order valence-corrected chi connectivity index (χ1v) is 14.3. The number of aromatic nitrogens is 3. The smallest absolute Gasteiger partial charge is 0.251 e. The number of nitrogens with one attached hydrogen (secondary N) is 1. The number of hydrogen-bond donors (Lipinski definition) is 1. The van der Waals surface area contributed by atoms with E-state index in [0.29, 0.717) is 11.3 Å². The second-order valence-corrected chi connectivity index (χ2v) is 12.0. The molecule has 9 nitrogen and oxygen atoms in total. The molecular weight excluding hydrogens is 502 g/mol. The first-order valence-electron chi connectivity index (χ1n) is 12.4. The van der Waals surface area contributed by atoms with E-state index in [1.807, 2.05) is 36.4 Å². The number of nitrogens with zero attached hydrogens (tertiary/aromatic N) is 4. The number of amides is 1. The number of aryl methyl sites for hydroxylation is 1. The average molecular weight is 530 g/mol. The van der Waals surface area contributed by atoms with Gasteiger partial charge in [-0.2, -0.15) is 0 Å². The van der Waals surface area contributed by atoms with Gasteiger partial charge in [0.25, 0.3) is 5.91 Å². The van der Waals surface area contributed by atoms with Crippen LogP contribution >= 0.6 is 0 Å². The third-order valence-corrected chi connectivity index (χ3v) is 8.39. The number of anilines is 1. The molecule has 194 valence electrons. The molecule has 0 radical (unpaired) electrons. The van der Waals surface area contributed by atoms with Crippen LogP contribution in [-0.4, -0.2) is 60.8 Å². The predicted octanol–water partition coefficient (Wildman–Crippen LogP) is 3.31. The van der Waals surface area contributed by atoms with Gasteiger partial charge in [0, 0.05) is 29.8 Å². The number of pyridine rings is 3. The third-order valence-electron chi connectivity index (χ3n) is 7.15. The van der Waals surface area contributed by atoms with E-state index < -0.39 is 9.84 Å². The normalized spacial score (nSPS) is 16.2. The maximum Gasteiger partial charge on any atom is 0.251 e. The van der Waals surface area contributed by atoms with Crippen molar-refractivity contribution in [2.24, 2.45) is 0 Å². The topological polar surface area (TPSA) is 114 Å². The van der Waals surface area contributed by atoms with E-state index in [-0.39, 0.29) is 28.5 Å². The van der Waals surface area contributed by atoms with E-state index >= 15 is 0 Å². The van der Waals surface area contributed by atoms with Gasteiger partial charge in [-0.3, -0.25) is 9.78 Å². The van der Waals surface area contributed by atoms with E-state index in [4.69, 9.17) is 14.7 Å². The van der Waals surface area contributed by atoms with E-state index in [0.717, 1.165) is 60.5 Å². The van der Waals surface area contributed by atoms with Crippen molar-refractivity contribution in [3.8, 4) is 11.4 Å². The molecule has 38 heavy (non-hydrogen) atoms. The van der Waals surface area contributed by atoms with Gasteiger partial charge in [-0.15, -0.1) is 0 Å². The average Bonchev–Trinajstić information content (AvgIpc) is 2.85. The van der Waals surface area contributed by atoms with Crippen LogP contribution in [0, 0.1) is 6.92 Å². The number of sulfone groups is 1. The first-order chi connectivity index (χ1) is 18.2. The Morgan fingerprint density at radius 3 is 2.61 bits per heavy atom. The number of benzene rings is 1. The Balaban J connectivity index is 1.18. The molecule has 3 aromatic heterocycles. The van der Waals surface area contributed by atoms with Gasteiger partial charge in [0.2, 0.25) is 0 Å². The van der Waals surface area contributed by atoms with Crippen LogP contribution < -0.4 is 10.2 Å². The van der Waals surface area contributed by atoms with E-state index in [1.165, 1.54) is 6.07 Å². The van der Waals surface area contributed by atoms with Crippen molar-refractivity contribution in [2.75, 3.05) is 30.9 Å². The molecule has 0 saturated carbocycles. The number of carbonyl (C=O) groups is 1. The highest BCUT2D eigenvalue weighted by Gasteiger charge is 2.49. The lowest BCUT2D eigenvalue weighted by atomic mass is 9.86. The van der Waals surface area contributed by atoms with Gasteiger partial charge >= 0.3 is 0 Å². The van der Waals surface area contributed by atoms with Gasteiger partial charge < -0.3 is 15.0 Å². The fourth-order valence-electron chi connectivity index (χ4n) is 4.90. The first kappa shape index (κ1) is 24.4. The molecule has 5 heterocycles. The molecule has 1 aromatic carbocycles. The molecule has 2 aliphatic rings. The Bertz CT molecular complexity index is 1680. The lowest BCUT2D eigenvalue weighted by Crippen LogP contribution is -2.68. The van der Waals surface area contributed by atoms with Gasteiger partial charge in [0.1, 0.15) is 11.4 Å². The van der Waals surface area contributed by atoms with Crippen molar-refractivity contribution in [3.05, 3.63) is 77.6 Å². The van der Waals surface area contributed by atoms with E-state index in [2.05, 4.69) is 15.2 Å². The zero-order valence-electron chi connectivity index (χ0n) is 21.1. The minimum atomic E-state index is -3.43. The Morgan fingerprint density at radius 1 is 1.08 bits per heavy atom. The van der Waals surface area contributed by atoms with Crippen LogP contribution in [0.4, 0.5) is 5.82 Å². The molecule has 2 aliphatic heterocycles. The molecule has 0 unspecified atom stereocenters. The number of ether oxygens (including phenoxy) is 1. The second kappa shape index (κ2) is 9.14. The van der Waals surface area contributed by atoms with Gasteiger partial charge in [0.15, 0.2) is 9.84 Å². The Hall–Kier alpha value is -3.89.